The van der Waals surface area contributed by atoms with E-state index in [0.29, 0.717) is 17.1 Å². The minimum atomic E-state index is -0.375. The highest BCUT2D eigenvalue weighted by Crippen LogP contribution is 2.33. The van der Waals surface area contributed by atoms with Crippen LogP contribution in [0.1, 0.15) is 6.92 Å². The second-order valence-electron chi connectivity index (χ2n) is 5.15. The van der Waals surface area contributed by atoms with Crippen LogP contribution in [-0.4, -0.2) is 37.3 Å². The Hall–Kier alpha value is -2.63. The molecule has 2 atom stereocenters. The zero-order valence-electron chi connectivity index (χ0n) is 13.5. The molecule has 2 aliphatic rings. The number of rotatable bonds is 4. The van der Waals surface area contributed by atoms with Gasteiger partial charge in [0.25, 0.3) is 0 Å². The molecule has 0 saturated carbocycles. The summed E-state index contributed by atoms with van der Waals surface area (Å²) in [6.45, 7) is 5.54. The normalized spacial score (nSPS) is 23.5. The van der Waals surface area contributed by atoms with E-state index in [1.165, 1.54) is 11.0 Å². The first-order valence-corrected chi connectivity index (χ1v) is 7.36. The third-order valence-electron chi connectivity index (χ3n) is 3.76. The van der Waals surface area contributed by atoms with Crippen LogP contribution in [0.4, 0.5) is 9.18 Å². The van der Waals surface area contributed by atoms with Crippen LogP contribution in [0.25, 0.3) is 0 Å². The predicted octanol–water partition coefficient (Wildman–Crippen LogP) is 2.64. The predicted molar refractivity (Wildman–Crippen MR) is 90.4 cm³/mol. The molecule has 0 saturated heterocycles. The number of urea groups is 1. The van der Waals surface area contributed by atoms with Crippen molar-refractivity contribution in [3.63, 3.8) is 0 Å². The zero-order valence-corrected chi connectivity index (χ0v) is 13.5. The summed E-state index contributed by atoms with van der Waals surface area (Å²) < 4.78 is 14.0. The van der Waals surface area contributed by atoms with Gasteiger partial charge in [-0.2, -0.15) is 0 Å². The lowest BCUT2D eigenvalue weighted by Crippen LogP contribution is -2.38. The summed E-state index contributed by atoms with van der Waals surface area (Å²) in [6, 6.07) is -0.463. The number of likely N-dealkylation sites (N-methyl/N-ethyl adjacent to an activating group) is 1. The van der Waals surface area contributed by atoms with E-state index >= 15 is 0 Å². The van der Waals surface area contributed by atoms with Crippen molar-refractivity contribution >= 4 is 12.2 Å². The van der Waals surface area contributed by atoms with Crippen LogP contribution < -0.4 is 10.6 Å². The van der Waals surface area contributed by atoms with Crippen molar-refractivity contribution in [2.75, 3.05) is 14.1 Å². The topological polar surface area (TPSA) is 56.7 Å². The lowest BCUT2D eigenvalue weighted by molar-refractivity contribution is 0.221. The molecule has 0 fully saturated rings. The largest absolute Gasteiger partial charge is 0.376 e. The average molecular weight is 316 g/mol. The van der Waals surface area contributed by atoms with Crippen LogP contribution in [0.3, 0.4) is 0 Å². The summed E-state index contributed by atoms with van der Waals surface area (Å²) in [4.78, 5) is 17.8. The molecule has 0 aromatic rings. The van der Waals surface area contributed by atoms with Gasteiger partial charge in [-0.1, -0.05) is 18.7 Å². The first kappa shape index (κ1) is 16.7. The van der Waals surface area contributed by atoms with E-state index in [4.69, 9.17) is 0 Å². The molecule has 5 nitrogen and oxygen atoms in total. The molecule has 0 bridgehead atoms. The summed E-state index contributed by atoms with van der Waals surface area (Å²) >= 11 is 0. The number of amides is 2. The number of hydrogen-bond donors (Lipinski definition) is 2. The SMILES string of the molecule is C=C/C(N=CC)=C(\C1=CC2C(F)=CC=CC2N1)N(C)C(=O)NC. The highest BCUT2D eigenvalue weighted by molar-refractivity contribution is 5.77. The van der Waals surface area contributed by atoms with Crippen LogP contribution >= 0.6 is 0 Å². The molecular formula is C17H21FN4O. The Morgan fingerprint density at radius 2 is 2.30 bits per heavy atom. The van der Waals surface area contributed by atoms with Gasteiger partial charge >= 0.3 is 6.03 Å². The minimum absolute atomic E-state index is 0.167. The third kappa shape index (κ3) is 3.26. The van der Waals surface area contributed by atoms with Gasteiger partial charge in [-0.15, -0.1) is 0 Å². The molecule has 2 rings (SSSR count). The van der Waals surface area contributed by atoms with Gasteiger partial charge in [0.15, 0.2) is 0 Å². The second kappa shape index (κ2) is 7.09. The fourth-order valence-corrected chi connectivity index (χ4v) is 2.65. The molecule has 0 radical (unpaired) electrons. The minimum Gasteiger partial charge on any atom is -0.376 e. The highest BCUT2D eigenvalue weighted by Gasteiger charge is 2.33. The van der Waals surface area contributed by atoms with Gasteiger partial charge in [0.1, 0.15) is 5.83 Å². The van der Waals surface area contributed by atoms with E-state index in [1.807, 2.05) is 6.08 Å². The van der Waals surface area contributed by atoms with Crippen molar-refractivity contribution in [1.29, 1.82) is 0 Å². The lowest BCUT2D eigenvalue weighted by Gasteiger charge is -2.24. The van der Waals surface area contributed by atoms with Gasteiger partial charge in [0.05, 0.1) is 29.1 Å². The molecule has 122 valence electrons. The summed E-state index contributed by atoms with van der Waals surface area (Å²) in [5, 5.41) is 5.82. The number of halogens is 1. The van der Waals surface area contributed by atoms with Crippen LogP contribution in [-0.2, 0) is 0 Å². The number of nitrogens with one attached hydrogen (secondary N) is 2. The van der Waals surface area contributed by atoms with E-state index in [1.54, 1.807) is 45.5 Å². The molecule has 2 amide bonds. The molecule has 6 heteroatoms. The third-order valence-corrected chi connectivity index (χ3v) is 3.76. The Morgan fingerprint density at radius 1 is 1.57 bits per heavy atom. The number of nitrogens with zero attached hydrogens (tertiary/aromatic N) is 2. The van der Waals surface area contributed by atoms with Crippen LogP contribution in [0.2, 0.25) is 0 Å². The maximum Gasteiger partial charge on any atom is 0.321 e. The van der Waals surface area contributed by atoms with Crippen LogP contribution in [0.5, 0.6) is 0 Å². The molecule has 0 aromatic heterocycles. The van der Waals surface area contributed by atoms with Gasteiger partial charge < -0.3 is 10.6 Å². The summed E-state index contributed by atoms with van der Waals surface area (Å²) in [6.07, 6.45) is 10.0. The highest BCUT2D eigenvalue weighted by atomic mass is 19.1. The van der Waals surface area contributed by atoms with Gasteiger partial charge in [-0.25, -0.2) is 9.18 Å². The number of carbonyl (C=O) groups is 1. The van der Waals surface area contributed by atoms with Crippen LogP contribution in [0, 0.1) is 5.92 Å². The molecule has 2 unspecified atom stereocenters. The van der Waals surface area contributed by atoms with E-state index in [2.05, 4.69) is 22.2 Å². The molecule has 23 heavy (non-hydrogen) atoms. The number of hydrogen-bond acceptors (Lipinski definition) is 3. The number of fused-ring (bicyclic) bond motifs is 1. The maximum atomic E-state index is 14.0. The zero-order chi connectivity index (χ0) is 17.0. The summed E-state index contributed by atoms with van der Waals surface area (Å²) in [5.41, 5.74) is 1.74. The molecule has 2 N–H and O–H groups in total. The fraction of sp³-hybridized carbons (Fsp3) is 0.294. The van der Waals surface area contributed by atoms with Gasteiger partial charge in [-0.3, -0.25) is 9.89 Å². The monoisotopic (exact) mass is 316 g/mol. The van der Waals surface area contributed by atoms with E-state index in [0.717, 1.165) is 0 Å². The molecular weight excluding hydrogens is 295 g/mol. The van der Waals surface area contributed by atoms with E-state index < -0.39 is 0 Å². The second-order valence-corrected chi connectivity index (χ2v) is 5.15. The number of aliphatic imine (C=N–C) groups is 1. The number of allylic oxidation sites excluding steroid dienone is 3. The number of carbonyl (C=O) groups excluding carboxylic acids is 1. The van der Waals surface area contributed by atoms with Crippen molar-refractivity contribution in [1.82, 2.24) is 15.5 Å². The Labute approximate surface area is 135 Å². The first-order valence-electron chi connectivity index (χ1n) is 7.36. The Morgan fingerprint density at radius 3 is 2.87 bits per heavy atom. The smallest absolute Gasteiger partial charge is 0.321 e. The van der Waals surface area contributed by atoms with E-state index in [9.17, 15) is 9.18 Å². The molecule has 1 heterocycles. The summed E-state index contributed by atoms with van der Waals surface area (Å²) in [5.74, 6) is -0.583. The molecule has 1 aliphatic carbocycles. The molecule has 1 aliphatic heterocycles. The van der Waals surface area contributed by atoms with Crippen molar-refractivity contribution in [2.45, 2.75) is 13.0 Å². The van der Waals surface area contributed by atoms with Crippen molar-refractivity contribution in [2.24, 2.45) is 10.9 Å². The van der Waals surface area contributed by atoms with E-state index in [-0.39, 0.29) is 23.8 Å². The standard InChI is InChI=1S/C17H21FN4O/c1-5-13(20-6-2)16(22(4)17(23)19-3)15-10-11-12(18)8-7-9-14(11)21-15/h5-11,14,21H,1H2,2-4H3,(H,19,23)/b16-13-,20-6?. The Balaban J connectivity index is 2.49. The summed E-state index contributed by atoms with van der Waals surface area (Å²) in [7, 11) is 3.18. The fourth-order valence-electron chi connectivity index (χ4n) is 2.65. The van der Waals surface area contributed by atoms with Gasteiger partial charge in [0.2, 0.25) is 0 Å². The lowest BCUT2D eigenvalue weighted by atomic mass is 9.96. The van der Waals surface area contributed by atoms with Crippen LogP contribution in [0.15, 0.2) is 64.9 Å². The van der Waals surface area contributed by atoms with Crippen molar-refractivity contribution in [3.8, 4) is 0 Å². The quantitative estimate of drug-likeness (QED) is 0.619. The van der Waals surface area contributed by atoms with Crippen molar-refractivity contribution < 1.29 is 9.18 Å². The first-order chi connectivity index (χ1) is 11.0. The maximum absolute atomic E-state index is 14.0. The van der Waals surface area contributed by atoms with Crippen molar-refractivity contribution in [3.05, 3.63) is 59.9 Å². The average Bonchev–Trinajstić information content (AvgIpc) is 2.98. The Kier molecular flexibility index (Phi) is 5.16. The molecule has 0 spiro atoms. The Bertz CT molecular complexity index is 658. The van der Waals surface area contributed by atoms with Gasteiger partial charge in [-0.05, 0) is 25.2 Å². The molecule has 0 aromatic carbocycles. The van der Waals surface area contributed by atoms with Gasteiger partial charge in [0, 0.05) is 20.3 Å².